The number of aliphatic hydroxyl groups excluding tert-OH is 1. The highest BCUT2D eigenvalue weighted by atomic mass is 127. The van der Waals surface area contributed by atoms with Crippen LogP contribution in [0.1, 0.15) is 35.6 Å². The predicted molar refractivity (Wildman–Crippen MR) is 88.2 cm³/mol. The number of hydrogen-bond donors (Lipinski definition) is 2. The van der Waals surface area contributed by atoms with E-state index in [4.69, 9.17) is 0 Å². The summed E-state index contributed by atoms with van der Waals surface area (Å²) in [6.45, 7) is 3.95. The van der Waals surface area contributed by atoms with Crippen LogP contribution < -0.4 is 0 Å². The van der Waals surface area contributed by atoms with E-state index in [1.54, 1.807) is 10.9 Å². The molecule has 0 fully saturated rings. The average Bonchev–Trinajstić information content (AvgIpc) is 2.77. The highest BCUT2D eigenvalue weighted by Gasteiger charge is 2.39. The molecular weight excluding hydrogens is 397 g/mol. The lowest BCUT2D eigenvalue weighted by atomic mass is 9.74. The number of aromatic nitrogens is 3. The highest BCUT2D eigenvalue weighted by molar-refractivity contribution is 14.1. The summed E-state index contributed by atoms with van der Waals surface area (Å²) in [6.07, 6.45) is 1.94. The van der Waals surface area contributed by atoms with Gasteiger partial charge in [0.15, 0.2) is 11.5 Å². The zero-order valence-corrected chi connectivity index (χ0v) is 14.4. The number of rotatable bonds is 2. The molecule has 0 radical (unpaired) electrons. The van der Waals surface area contributed by atoms with Crippen molar-refractivity contribution in [3.8, 4) is 5.82 Å². The van der Waals surface area contributed by atoms with Crippen molar-refractivity contribution < 1.29 is 15.0 Å². The third kappa shape index (κ3) is 2.52. The third-order valence-electron chi connectivity index (χ3n) is 4.14. The number of nitrogens with zero attached hydrogens (tertiary/aromatic N) is 3. The van der Waals surface area contributed by atoms with Gasteiger partial charge in [0.1, 0.15) is 0 Å². The molecule has 1 unspecified atom stereocenters. The van der Waals surface area contributed by atoms with Crippen molar-refractivity contribution in [2.75, 3.05) is 0 Å². The molecule has 2 aromatic rings. The van der Waals surface area contributed by atoms with E-state index in [-0.39, 0.29) is 11.1 Å². The van der Waals surface area contributed by atoms with Crippen molar-refractivity contribution in [3.63, 3.8) is 0 Å². The standard InChI is InChI=1S/C15H16IN3O3/c1-15(2)7-10-9(6-11(15)20)13(14(21)22)18-19(10)12-5-8(16)3-4-17-12/h3-5,11,20H,6-7H2,1-2H3,(H,21,22). The fourth-order valence-corrected chi connectivity index (χ4v) is 3.21. The average molecular weight is 413 g/mol. The van der Waals surface area contributed by atoms with E-state index < -0.39 is 12.1 Å². The molecule has 3 rings (SSSR count). The first-order chi connectivity index (χ1) is 10.3. The minimum Gasteiger partial charge on any atom is -0.476 e. The zero-order chi connectivity index (χ0) is 16.1. The van der Waals surface area contributed by atoms with Crippen LogP contribution in [0.5, 0.6) is 0 Å². The van der Waals surface area contributed by atoms with Gasteiger partial charge in [0, 0.05) is 21.8 Å². The van der Waals surface area contributed by atoms with Crippen LogP contribution in [0.2, 0.25) is 0 Å². The SMILES string of the molecule is CC1(C)Cc2c(c(C(=O)O)nn2-c2cc(I)ccn2)CC1O. The maximum atomic E-state index is 11.5. The summed E-state index contributed by atoms with van der Waals surface area (Å²) >= 11 is 2.18. The normalized spacial score (nSPS) is 19.7. The van der Waals surface area contributed by atoms with Crippen LogP contribution in [0, 0.1) is 8.99 Å². The van der Waals surface area contributed by atoms with Gasteiger partial charge in [0.05, 0.1) is 11.8 Å². The molecule has 1 aliphatic rings. The van der Waals surface area contributed by atoms with E-state index in [1.165, 1.54) is 0 Å². The number of pyridine rings is 1. The number of aromatic carboxylic acids is 1. The van der Waals surface area contributed by atoms with Crippen molar-refractivity contribution in [2.45, 2.75) is 32.8 Å². The summed E-state index contributed by atoms with van der Waals surface area (Å²) in [5, 5.41) is 23.9. The number of hydrogen-bond acceptors (Lipinski definition) is 4. The molecule has 116 valence electrons. The molecule has 0 aliphatic heterocycles. The fourth-order valence-electron chi connectivity index (χ4n) is 2.77. The maximum absolute atomic E-state index is 11.5. The molecule has 0 saturated carbocycles. The van der Waals surface area contributed by atoms with Crippen LogP contribution in [0.4, 0.5) is 0 Å². The first-order valence-corrected chi connectivity index (χ1v) is 8.01. The van der Waals surface area contributed by atoms with Crippen LogP contribution in [0.25, 0.3) is 5.82 Å². The van der Waals surface area contributed by atoms with Gasteiger partial charge >= 0.3 is 5.97 Å². The molecule has 2 aromatic heterocycles. The van der Waals surface area contributed by atoms with Gasteiger partial charge in [-0.05, 0) is 46.6 Å². The zero-order valence-electron chi connectivity index (χ0n) is 12.2. The molecule has 0 bridgehead atoms. The summed E-state index contributed by atoms with van der Waals surface area (Å²) in [5.41, 5.74) is 1.11. The molecule has 1 atom stereocenters. The molecule has 0 amide bonds. The second-order valence-electron chi connectivity index (χ2n) is 6.21. The van der Waals surface area contributed by atoms with Gasteiger partial charge in [0.25, 0.3) is 0 Å². The second kappa shape index (κ2) is 5.31. The Kier molecular flexibility index (Phi) is 3.72. The van der Waals surface area contributed by atoms with Gasteiger partial charge in [-0.15, -0.1) is 0 Å². The van der Waals surface area contributed by atoms with Gasteiger partial charge in [-0.25, -0.2) is 14.5 Å². The predicted octanol–water partition coefficient (Wildman–Crippen LogP) is 2.06. The van der Waals surface area contributed by atoms with Gasteiger partial charge in [0.2, 0.25) is 0 Å². The lowest BCUT2D eigenvalue weighted by molar-refractivity contribution is 0.0408. The Morgan fingerprint density at radius 3 is 2.86 bits per heavy atom. The Morgan fingerprint density at radius 1 is 1.50 bits per heavy atom. The molecule has 2 N–H and O–H groups in total. The van der Waals surface area contributed by atoms with E-state index in [0.29, 0.717) is 24.2 Å². The Labute approximate surface area is 141 Å². The molecule has 7 heteroatoms. The first kappa shape index (κ1) is 15.4. The van der Waals surface area contributed by atoms with Gasteiger partial charge in [-0.3, -0.25) is 0 Å². The van der Waals surface area contributed by atoms with Crippen LogP contribution >= 0.6 is 22.6 Å². The Bertz CT molecular complexity index is 754. The molecule has 1 aliphatic carbocycles. The third-order valence-corrected chi connectivity index (χ3v) is 4.81. The number of aliphatic hydroxyl groups is 1. The summed E-state index contributed by atoms with van der Waals surface area (Å²) in [4.78, 5) is 15.8. The maximum Gasteiger partial charge on any atom is 0.356 e. The number of carboxylic acids is 1. The Balaban J connectivity index is 2.21. The summed E-state index contributed by atoms with van der Waals surface area (Å²) < 4.78 is 2.60. The van der Waals surface area contributed by atoms with Crippen LogP contribution in [0.3, 0.4) is 0 Å². The van der Waals surface area contributed by atoms with Crippen molar-refractivity contribution in [1.29, 1.82) is 0 Å². The summed E-state index contributed by atoms with van der Waals surface area (Å²) in [5.74, 6) is -0.477. The second-order valence-corrected chi connectivity index (χ2v) is 7.45. The topological polar surface area (TPSA) is 88.2 Å². The summed E-state index contributed by atoms with van der Waals surface area (Å²) in [6, 6.07) is 3.73. The van der Waals surface area contributed by atoms with E-state index >= 15 is 0 Å². The van der Waals surface area contributed by atoms with Crippen molar-refractivity contribution in [3.05, 3.63) is 38.9 Å². The van der Waals surface area contributed by atoms with Crippen molar-refractivity contribution in [2.24, 2.45) is 5.41 Å². The van der Waals surface area contributed by atoms with Crippen molar-refractivity contribution in [1.82, 2.24) is 14.8 Å². The van der Waals surface area contributed by atoms with E-state index in [2.05, 4.69) is 32.7 Å². The van der Waals surface area contributed by atoms with E-state index in [0.717, 1.165) is 9.26 Å². The number of halogens is 1. The van der Waals surface area contributed by atoms with Gasteiger partial charge in [-0.2, -0.15) is 5.10 Å². The quantitative estimate of drug-likeness (QED) is 0.736. The minimum atomic E-state index is -1.08. The molecule has 2 heterocycles. The molecule has 0 aromatic carbocycles. The van der Waals surface area contributed by atoms with Crippen molar-refractivity contribution >= 4 is 28.6 Å². The monoisotopic (exact) mass is 413 g/mol. The molecule has 22 heavy (non-hydrogen) atoms. The number of carbonyl (C=O) groups is 1. The number of fused-ring (bicyclic) bond motifs is 1. The fraction of sp³-hybridized carbons (Fsp3) is 0.400. The minimum absolute atomic E-state index is 0.00483. The lowest BCUT2D eigenvalue weighted by Gasteiger charge is -2.35. The highest BCUT2D eigenvalue weighted by Crippen LogP contribution is 2.37. The molecule has 0 saturated heterocycles. The molecule has 6 nitrogen and oxygen atoms in total. The van der Waals surface area contributed by atoms with E-state index in [9.17, 15) is 15.0 Å². The molecule has 0 spiro atoms. The van der Waals surface area contributed by atoms with Gasteiger partial charge in [-0.1, -0.05) is 13.8 Å². The smallest absolute Gasteiger partial charge is 0.356 e. The Hall–Kier alpha value is -1.48. The molecular formula is C15H16IN3O3. The first-order valence-electron chi connectivity index (χ1n) is 6.93. The van der Waals surface area contributed by atoms with E-state index in [1.807, 2.05) is 26.0 Å². The largest absolute Gasteiger partial charge is 0.476 e. The lowest BCUT2D eigenvalue weighted by Crippen LogP contribution is -2.38. The van der Waals surface area contributed by atoms with Crippen LogP contribution in [-0.2, 0) is 12.8 Å². The summed E-state index contributed by atoms with van der Waals surface area (Å²) in [7, 11) is 0. The van der Waals surface area contributed by atoms with Crippen LogP contribution in [-0.4, -0.2) is 37.1 Å². The number of carboxylic acid groups (broad SMARTS) is 1. The van der Waals surface area contributed by atoms with Crippen LogP contribution in [0.15, 0.2) is 18.3 Å². The van der Waals surface area contributed by atoms with Gasteiger partial charge < -0.3 is 10.2 Å². The Morgan fingerprint density at radius 2 is 2.23 bits per heavy atom.